The third-order valence-corrected chi connectivity index (χ3v) is 4.73. The Kier molecular flexibility index (Phi) is 12.3. The summed E-state index contributed by atoms with van der Waals surface area (Å²) in [5.41, 5.74) is 16.8. The number of carboxylic acids is 2. The average Bonchev–Trinajstić information content (AvgIpc) is 3.31. The number of imidazole rings is 1. The number of carboxylic acid groups (broad SMARTS) is 2. The monoisotopic (exact) mass is 513 g/mol. The van der Waals surface area contributed by atoms with E-state index in [2.05, 4.69) is 25.6 Å². The van der Waals surface area contributed by atoms with E-state index < -0.39 is 66.9 Å². The number of hydrogen-bond donors (Lipinski definition) is 10. The molecule has 1 aromatic heterocycles. The van der Waals surface area contributed by atoms with Crippen molar-refractivity contribution in [3.63, 3.8) is 0 Å². The van der Waals surface area contributed by atoms with Gasteiger partial charge in [-0.3, -0.25) is 24.2 Å². The van der Waals surface area contributed by atoms with Crippen molar-refractivity contribution >= 4 is 35.6 Å². The van der Waals surface area contributed by atoms with Gasteiger partial charge in [0.15, 0.2) is 5.96 Å². The quantitative estimate of drug-likeness (QED) is 0.0566. The van der Waals surface area contributed by atoms with Crippen LogP contribution in [0.5, 0.6) is 0 Å². The number of aromatic nitrogens is 2. The molecule has 1 rings (SSSR count). The molecule has 0 aliphatic heterocycles. The Bertz CT molecular complexity index is 933. The van der Waals surface area contributed by atoms with Gasteiger partial charge in [0, 0.05) is 24.9 Å². The molecule has 1 heterocycles. The van der Waals surface area contributed by atoms with E-state index in [1.807, 2.05) is 5.32 Å². The first-order chi connectivity index (χ1) is 16.9. The number of aliphatic hydroxyl groups is 1. The Morgan fingerprint density at radius 3 is 2.14 bits per heavy atom. The Morgan fingerprint density at radius 1 is 1.00 bits per heavy atom. The van der Waals surface area contributed by atoms with Crippen molar-refractivity contribution in [3.8, 4) is 0 Å². The molecule has 0 aliphatic rings. The number of aromatic amines is 1. The second-order valence-corrected chi connectivity index (χ2v) is 7.64. The molecule has 0 aromatic carbocycles. The van der Waals surface area contributed by atoms with Crippen molar-refractivity contribution in [1.29, 1.82) is 0 Å². The first kappa shape index (κ1) is 29.8. The number of H-pyrrole nitrogens is 1. The fraction of sp³-hybridized carbons (Fsp3) is 0.526. The van der Waals surface area contributed by atoms with Crippen LogP contribution < -0.4 is 33.2 Å². The first-order valence-corrected chi connectivity index (χ1v) is 10.7. The third-order valence-electron chi connectivity index (χ3n) is 4.73. The minimum absolute atomic E-state index is 0.0885. The van der Waals surface area contributed by atoms with Crippen LogP contribution in [0.15, 0.2) is 17.5 Å². The Labute approximate surface area is 204 Å². The number of nitrogens with one attached hydrogen (secondary N) is 4. The van der Waals surface area contributed by atoms with Gasteiger partial charge in [-0.05, 0) is 12.8 Å². The van der Waals surface area contributed by atoms with E-state index in [1.165, 1.54) is 12.5 Å². The van der Waals surface area contributed by atoms with Crippen LogP contribution in [0.2, 0.25) is 0 Å². The van der Waals surface area contributed by atoms with Gasteiger partial charge in [-0.1, -0.05) is 0 Å². The number of guanidine groups is 1. The number of amides is 3. The molecule has 1 aromatic rings. The van der Waals surface area contributed by atoms with Crippen LogP contribution in [0, 0.1) is 0 Å². The van der Waals surface area contributed by atoms with E-state index in [0.29, 0.717) is 12.1 Å². The molecule has 13 N–H and O–H groups in total. The zero-order valence-electron chi connectivity index (χ0n) is 19.2. The van der Waals surface area contributed by atoms with Gasteiger partial charge in [0.1, 0.15) is 18.1 Å². The number of rotatable bonds is 16. The fourth-order valence-corrected chi connectivity index (χ4v) is 2.87. The van der Waals surface area contributed by atoms with Crippen LogP contribution in [0.3, 0.4) is 0 Å². The molecular formula is C19H31N9O8. The Morgan fingerprint density at radius 2 is 1.61 bits per heavy atom. The van der Waals surface area contributed by atoms with Crippen LogP contribution in [-0.2, 0) is 30.4 Å². The second-order valence-electron chi connectivity index (χ2n) is 7.64. The fourth-order valence-electron chi connectivity index (χ4n) is 2.87. The van der Waals surface area contributed by atoms with E-state index in [1.54, 1.807) is 0 Å². The molecule has 17 heteroatoms. The molecule has 0 bridgehead atoms. The van der Waals surface area contributed by atoms with E-state index in [4.69, 9.17) is 27.4 Å². The van der Waals surface area contributed by atoms with E-state index in [-0.39, 0.29) is 25.3 Å². The van der Waals surface area contributed by atoms with Gasteiger partial charge in [0.25, 0.3) is 0 Å². The lowest BCUT2D eigenvalue weighted by Crippen LogP contribution is -2.58. The molecule has 0 radical (unpaired) electrons. The predicted molar refractivity (Wildman–Crippen MR) is 123 cm³/mol. The molecule has 0 spiro atoms. The third kappa shape index (κ3) is 10.8. The van der Waals surface area contributed by atoms with Crippen LogP contribution in [0.4, 0.5) is 0 Å². The average molecular weight is 514 g/mol. The number of aliphatic hydroxyl groups excluding tert-OH is 1. The Balaban J connectivity index is 2.88. The predicted octanol–water partition coefficient (Wildman–Crippen LogP) is -4.66. The minimum Gasteiger partial charge on any atom is -0.481 e. The first-order valence-electron chi connectivity index (χ1n) is 10.7. The standard InChI is InChI=1S/C19H31N9O8/c20-10(2-1-3-24-19(21)22)15(32)26-11(4-9-6-23-8-25-9)16(33)28-13(7-29)17(34)27-12(18(35)36)5-14(30)31/h6,8,10-13,29H,1-5,7,20H2,(H,23,25)(H,26,32)(H,27,34)(H,28,33)(H,30,31)(H,35,36)(H4,21,22,24). The van der Waals surface area contributed by atoms with Crippen LogP contribution in [0.25, 0.3) is 0 Å². The maximum Gasteiger partial charge on any atom is 0.326 e. The van der Waals surface area contributed by atoms with Crippen molar-refractivity contribution in [2.75, 3.05) is 13.2 Å². The van der Waals surface area contributed by atoms with Gasteiger partial charge in [-0.25, -0.2) is 9.78 Å². The number of aliphatic carboxylic acids is 2. The van der Waals surface area contributed by atoms with Gasteiger partial charge in [0.2, 0.25) is 17.7 Å². The van der Waals surface area contributed by atoms with E-state index >= 15 is 0 Å². The highest BCUT2D eigenvalue weighted by Crippen LogP contribution is 2.03. The molecule has 4 atom stereocenters. The number of hydrogen-bond acceptors (Lipinski definition) is 9. The van der Waals surface area contributed by atoms with E-state index in [9.17, 15) is 29.1 Å². The highest BCUT2D eigenvalue weighted by molar-refractivity contribution is 5.94. The lowest BCUT2D eigenvalue weighted by Gasteiger charge is -2.24. The van der Waals surface area contributed by atoms with Crippen molar-refractivity contribution < 1.29 is 39.3 Å². The lowest BCUT2D eigenvalue weighted by atomic mass is 10.1. The minimum atomic E-state index is -1.79. The van der Waals surface area contributed by atoms with Crippen LogP contribution in [0.1, 0.15) is 25.0 Å². The summed E-state index contributed by atoms with van der Waals surface area (Å²) < 4.78 is 0. The maximum absolute atomic E-state index is 12.9. The largest absolute Gasteiger partial charge is 0.481 e. The van der Waals surface area contributed by atoms with Crippen LogP contribution >= 0.6 is 0 Å². The molecule has 0 fully saturated rings. The summed E-state index contributed by atoms with van der Waals surface area (Å²) in [6.07, 6.45) is 2.32. The summed E-state index contributed by atoms with van der Waals surface area (Å²) in [7, 11) is 0. The number of aliphatic imine (C=N–C) groups is 1. The van der Waals surface area contributed by atoms with Gasteiger partial charge in [-0.15, -0.1) is 0 Å². The van der Waals surface area contributed by atoms with Crippen molar-refractivity contribution in [2.24, 2.45) is 22.2 Å². The zero-order valence-corrected chi connectivity index (χ0v) is 19.2. The lowest BCUT2D eigenvalue weighted by molar-refractivity contribution is -0.147. The highest BCUT2D eigenvalue weighted by atomic mass is 16.4. The van der Waals surface area contributed by atoms with Gasteiger partial charge >= 0.3 is 11.9 Å². The number of carbonyl (C=O) groups excluding carboxylic acids is 3. The van der Waals surface area contributed by atoms with Crippen LogP contribution in [-0.4, -0.2) is 98.2 Å². The summed E-state index contributed by atoms with van der Waals surface area (Å²) in [4.78, 5) is 70.2. The summed E-state index contributed by atoms with van der Waals surface area (Å²) in [5.74, 6) is -5.93. The molecule has 200 valence electrons. The smallest absolute Gasteiger partial charge is 0.326 e. The van der Waals surface area contributed by atoms with Gasteiger partial charge in [-0.2, -0.15) is 0 Å². The molecular weight excluding hydrogens is 482 g/mol. The molecule has 4 unspecified atom stereocenters. The number of nitrogens with two attached hydrogens (primary N) is 3. The number of nitrogens with zero attached hydrogens (tertiary/aromatic N) is 2. The topological polar surface area (TPSA) is 301 Å². The zero-order chi connectivity index (χ0) is 27.3. The number of carbonyl (C=O) groups is 5. The second kappa shape index (κ2) is 14.9. The molecule has 0 aliphatic carbocycles. The summed E-state index contributed by atoms with van der Waals surface area (Å²) in [6, 6.07) is -5.71. The molecule has 36 heavy (non-hydrogen) atoms. The SMILES string of the molecule is NC(N)=NCCCC(N)C(=O)NC(Cc1cnc[nH]1)C(=O)NC(CO)C(=O)NC(CC(=O)O)C(=O)O. The molecule has 17 nitrogen and oxygen atoms in total. The molecule has 3 amide bonds. The van der Waals surface area contributed by atoms with E-state index in [0.717, 1.165) is 0 Å². The molecule has 0 saturated heterocycles. The maximum atomic E-state index is 12.9. The summed E-state index contributed by atoms with van der Waals surface area (Å²) in [5, 5.41) is 34.0. The van der Waals surface area contributed by atoms with Gasteiger partial charge in [0.05, 0.1) is 25.4 Å². The molecule has 0 saturated carbocycles. The summed E-state index contributed by atoms with van der Waals surface area (Å²) in [6.45, 7) is -0.695. The van der Waals surface area contributed by atoms with Crippen molar-refractivity contribution in [3.05, 3.63) is 18.2 Å². The summed E-state index contributed by atoms with van der Waals surface area (Å²) >= 11 is 0. The Hall–Kier alpha value is -4.25. The highest BCUT2D eigenvalue weighted by Gasteiger charge is 2.31. The van der Waals surface area contributed by atoms with Crippen molar-refractivity contribution in [1.82, 2.24) is 25.9 Å². The normalized spacial score (nSPS) is 13.9. The van der Waals surface area contributed by atoms with Crippen molar-refractivity contribution in [2.45, 2.75) is 49.9 Å². The van der Waals surface area contributed by atoms with Gasteiger partial charge < -0.3 is 53.5 Å².